The maximum absolute atomic E-state index is 11.7. The number of carbonyl (C=O) groups excluding carboxylic acids is 1. The summed E-state index contributed by atoms with van der Waals surface area (Å²) in [4.78, 5) is 15.8. The molecule has 0 aromatic carbocycles. The van der Waals surface area contributed by atoms with Gasteiger partial charge in [0.2, 0.25) is 5.88 Å². The number of aliphatic hydroxyl groups is 1. The van der Waals surface area contributed by atoms with Crippen LogP contribution < -0.4 is 10.1 Å². The van der Waals surface area contributed by atoms with Crippen LogP contribution in [0.2, 0.25) is 0 Å². The third kappa shape index (κ3) is 4.00. The number of aliphatic hydroxyl groups excluding tert-OH is 1. The minimum Gasteiger partial charge on any atom is -0.477 e. The molecular weight excluding hydrogens is 232 g/mol. The second-order valence-corrected chi connectivity index (χ2v) is 4.70. The van der Waals surface area contributed by atoms with Crippen molar-refractivity contribution in [2.75, 3.05) is 13.2 Å². The van der Waals surface area contributed by atoms with Gasteiger partial charge in [-0.3, -0.25) is 4.79 Å². The first-order chi connectivity index (χ1) is 8.65. The maximum atomic E-state index is 11.7. The third-order valence-electron chi connectivity index (χ3n) is 2.72. The molecule has 1 atom stereocenters. The third-order valence-corrected chi connectivity index (χ3v) is 2.72. The molecule has 98 valence electrons. The van der Waals surface area contributed by atoms with Gasteiger partial charge in [-0.15, -0.1) is 0 Å². The van der Waals surface area contributed by atoms with Crippen molar-refractivity contribution in [3.63, 3.8) is 0 Å². The zero-order valence-electron chi connectivity index (χ0n) is 10.4. The molecule has 1 fully saturated rings. The molecule has 0 spiro atoms. The molecule has 18 heavy (non-hydrogen) atoms. The summed E-state index contributed by atoms with van der Waals surface area (Å²) < 4.78 is 5.51. The first kappa shape index (κ1) is 12.8. The number of hydrogen-bond donors (Lipinski definition) is 2. The van der Waals surface area contributed by atoms with Crippen molar-refractivity contribution in [3.05, 3.63) is 23.9 Å². The van der Waals surface area contributed by atoms with Gasteiger partial charge in [0.05, 0.1) is 12.7 Å². The van der Waals surface area contributed by atoms with E-state index in [1.54, 1.807) is 25.3 Å². The number of hydrogen-bond acceptors (Lipinski definition) is 4. The van der Waals surface area contributed by atoms with Crippen LogP contribution in [-0.4, -0.2) is 35.3 Å². The summed E-state index contributed by atoms with van der Waals surface area (Å²) in [6.07, 6.45) is 3.43. The summed E-state index contributed by atoms with van der Waals surface area (Å²) in [6, 6.07) is 3.25. The molecule has 1 aliphatic carbocycles. The molecule has 0 saturated heterocycles. The number of nitrogens with zero attached hydrogens (tertiary/aromatic N) is 1. The molecule has 1 unspecified atom stereocenters. The second-order valence-electron chi connectivity index (χ2n) is 4.70. The SMILES string of the molecule is CC(O)CNC(=O)c1ccnc(OCC2CC2)c1. The highest BCUT2D eigenvalue weighted by Crippen LogP contribution is 2.29. The second kappa shape index (κ2) is 5.82. The van der Waals surface area contributed by atoms with E-state index in [-0.39, 0.29) is 12.5 Å². The highest BCUT2D eigenvalue weighted by Gasteiger charge is 2.22. The predicted molar refractivity (Wildman–Crippen MR) is 66.5 cm³/mol. The standard InChI is InChI=1S/C13H18N2O3/c1-9(16)7-15-13(17)11-4-5-14-12(6-11)18-8-10-2-3-10/h4-6,9-10,16H,2-3,7-8H2,1H3,(H,15,17). The van der Waals surface area contributed by atoms with Gasteiger partial charge >= 0.3 is 0 Å². The molecule has 1 amide bonds. The van der Waals surface area contributed by atoms with Crippen LogP contribution in [0.4, 0.5) is 0 Å². The van der Waals surface area contributed by atoms with Gasteiger partial charge in [-0.05, 0) is 31.7 Å². The number of aromatic nitrogens is 1. The van der Waals surface area contributed by atoms with Gasteiger partial charge in [0.25, 0.3) is 5.91 Å². The van der Waals surface area contributed by atoms with Crippen molar-refractivity contribution in [1.82, 2.24) is 10.3 Å². The molecule has 1 saturated carbocycles. The fourth-order valence-electron chi connectivity index (χ4n) is 1.46. The Labute approximate surface area is 106 Å². The van der Waals surface area contributed by atoms with Gasteiger partial charge in [-0.25, -0.2) is 4.98 Å². The largest absolute Gasteiger partial charge is 0.477 e. The highest BCUT2D eigenvalue weighted by atomic mass is 16.5. The monoisotopic (exact) mass is 250 g/mol. The van der Waals surface area contributed by atoms with Crippen LogP contribution in [0.25, 0.3) is 0 Å². The molecule has 0 radical (unpaired) electrons. The average molecular weight is 250 g/mol. The van der Waals surface area contributed by atoms with Gasteiger partial charge in [0.15, 0.2) is 0 Å². The van der Waals surface area contributed by atoms with Crippen LogP contribution in [0.1, 0.15) is 30.1 Å². The Kier molecular flexibility index (Phi) is 4.15. The molecule has 0 bridgehead atoms. The minimum absolute atomic E-state index is 0.227. The summed E-state index contributed by atoms with van der Waals surface area (Å²) in [5, 5.41) is 11.7. The van der Waals surface area contributed by atoms with Gasteiger partial charge < -0.3 is 15.2 Å². The normalized spacial score (nSPS) is 16.1. The lowest BCUT2D eigenvalue weighted by Gasteiger charge is -2.08. The van der Waals surface area contributed by atoms with Crippen molar-refractivity contribution in [1.29, 1.82) is 0 Å². The maximum Gasteiger partial charge on any atom is 0.251 e. The first-order valence-electron chi connectivity index (χ1n) is 6.20. The van der Waals surface area contributed by atoms with Crippen molar-refractivity contribution in [2.24, 2.45) is 5.92 Å². The van der Waals surface area contributed by atoms with Crippen molar-refractivity contribution >= 4 is 5.91 Å². The fraction of sp³-hybridized carbons (Fsp3) is 0.538. The number of ether oxygens (including phenoxy) is 1. The summed E-state index contributed by atoms with van der Waals surface area (Å²) in [5.74, 6) is 0.903. The fourth-order valence-corrected chi connectivity index (χ4v) is 1.46. The van der Waals surface area contributed by atoms with E-state index in [1.165, 1.54) is 12.8 Å². The van der Waals surface area contributed by atoms with Crippen LogP contribution in [-0.2, 0) is 0 Å². The Bertz CT molecular complexity index is 416. The number of pyridine rings is 1. The molecule has 1 aromatic heterocycles. The summed E-state index contributed by atoms with van der Waals surface area (Å²) in [7, 11) is 0. The molecule has 5 heteroatoms. The van der Waals surface area contributed by atoms with E-state index in [2.05, 4.69) is 10.3 Å². The minimum atomic E-state index is -0.554. The Morgan fingerprint density at radius 1 is 1.67 bits per heavy atom. The lowest BCUT2D eigenvalue weighted by Crippen LogP contribution is -2.30. The van der Waals surface area contributed by atoms with Gasteiger partial charge in [0, 0.05) is 24.4 Å². The van der Waals surface area contributed by atoms with Crippen LogP contribution in [0, 0.1) is 5.92 Å². The molecule has 2 rings (SSSR count). The van der Waals surface area contributed by atoms with E-state index < -0.39 is 6.10 Å². The lowest BCUT2D eigenvalue weighted by molar-refractivity contribution is 0.0923. The number of carbonyl (C=O) groups is 1. The van der Waals surface area contributed by atoms with Crippen molar-refractivity contribution in [3.8, 4) is 5.88 Å². The summed E-state index contributed by atoms with van der Waals surface area (Å²) in [6.45, 7) is 2.53. The molecule has 1 aliphatic rings. The topological polar surface area (TPSA) is 71.5 Å². The molecular formula is C13H18N2O3. The van der Waals surface area contributed by atoms with E-state index in [1.807, 2.05) is 0 Å². The van der Waals surface area contributed by atoms with Gasteiger partial charge in [0.1, 0.15) is 0 Å². The van der Waals surface area contributed by atoms with E-state index in [9.17, 15) is 4.79 Å². The van der Waals surface area contributed by atoms with Crippen LogP contribution in [0.15, 0.2) is 18.3 Å². The zero-order valence-corrected chi connectivity index (χ0v) is 10.4. The first-order valence-corrected chi connectivity index (χ1v) is 6.20. The molecule has 1 heterocycles. The quantitative estimate of drug-likeness (QED) is 0.789. The Balaban J connectivity index is 1.90. The molecule has 1 aromatic rings. The highest BCUT2D eigenvalue weighted by molar-refractivity contribution is 5.94. The number of rotatable bonds is 6. The van der Waals surface area contributed by atoms with Crippen molar-refractivity contribution in [2.45, 2.75) is 25.9 Å². The number of amides is 1. The van der Waals surface area contributed by atoms with Crippen LogP contribution in [0.5, 0.6) is 5.88 Å². The van der Waals surface area contributed by atoms with E-state index in [0.717, 1.165) is 0 Å². The molecule has 5 nitrogen and oxygen atoms in total. The van der Waals surface area contributed by atoms with E-state index in [4.69, 9.17) is 9.84 Å². The summed E-state index contributed by atoms with van der Waals surface area (Å²) >= 11 is 0. The van der Waals surface area contributed by atoms with Gasteiger partial charge in [-0.1, -0.05) is 0 Å². The Morgan fingerprint density at radius 2 is 2.44 bits per heavy atom. The van der Waals surface area contributed by atoms with Crippen molar-refractivity contribution < 1.29 is 14.6 Å². The van der Waals surface area contributed by atoms with E-state index >= 15 is 0 Å². The lowest BCUT2D eigenvalue weighted by atomic mass is 10.2. The number of nitrogens with one attached hydrogen (secondary N) is 1. The Morgan fingerprint density at radius 3 is 3.11 bits per heavy atom. The average Bonchev–Trinajstić information content (AvgIpc) is 3.18. The Hall–Kier alpha value is -1.62. The van der Waals surface area contributed by atoms with E-state index in [0.29, 0.717) is 24.0 Å². The predicted octanol–water partition coefficient (Wildman–Crippen LogP) is 0.981. The van der Waals surface area contributed by atoms with Crippen LogP contribution >= 0.6 is 0 Å². The van der Waals surface area contributed by atoms with Crippen LogP contribution in [0.3, 0.4) is 0 Å². The van der Waals surface area contributed by atoms with Gasteiger partial charge in [-0.2, -0.15) is 0 Å². The zero-order chi connectivity index (χ0) is 13.0. The molecule has 2 N–H and O–H groups in total. The smallest absolute Gasteiger partial charge is 0.251 e. The molecule has 0 aliphatic heterocycles. The summed E-state index contributed by atoms with van der Waals surface area (Å²) in [5.41, 5.74) is 0.497.